The monoisotopic (exact) mass is 442 g/mol. The quantitative estimate of drug-likeness (QED) is 0.522. The van der Waals surface area contributed by atoms with Crippen molar-refractivity contribution in [1.29, 1.82) is 0 Å². The molecule has 0 N–H and O–H groups in total. The van der Waals surface area contributed by atoms with E-state index in [-0.39, 0.29) is 24.4 Å². The smallest absolute Gasteiger partial charge is 0.245 e. The molecule has 176 valence electrons. The number of hydrogen-bond acceptors (Lipinski definition) is 5. The first kappa shape index (κ1) is 22.9. The molecule has 0 aliphatic carbocycles. The summed E-state index contributed by atoms with van der Waals surface area (Å²) in [6, 6.07) is 8.20. The maximum absolute atomic E-state index is 12.6. The van der Waals surface area contributed by atoms with Crippen molar-refractivity contribution in [3.63, 3.8) is 0 Å². The summed E-state index contributed by atoms with van der Waals surface area (Å²) < 4.78 is 6.02. The third-order valence-electron chi connectivity index (χ3n) is 6.98. The number of ether oxygens (including phenoxy) is 1. The van der Waals surface area contributed by atoms with Crippen LogP contribution in [0.2, 0.25) is 0 Å². The van der Waals surface area contributed by atoms with E-state index in [9.17, 15) is 9.59 Å². The first-order valence-corrected chi connectivity index (χ1v) is 12.4. The molecule has 7 heteroatoms. The second-order valence-electron chi connectivity index (χ2n) is 9.21. The summed E-state index contributed by atoms with van der Waals surface area (Å²) >= 11 is 0. The largest absolute Gasteiger partial charge is 0.491 e. The average molecular weight is 443 g/mol. The lowest BCUT2D eigenvalue weighted by atomic mass is 10.1. The number of anilines is 1. The van der Waals surface area contributed by atoms with E-state index in [2.05, 4.69) is 34.9 Å². The molecule has 1 aromatic rings. The lowest BCUT2D eigenvalue weighted by Gasteiger charge is -2.37. The van der Waals surface area contributed by atoms with E-state index in [1.54, 1.807) is 9.80 Å². The molecule has 3 aliphatic heterocycles. The minimum Gasteiger partial charge on any atom is -0.491 e. The van der Waals surface area contributed by atoms with Gasteiger partial charge in [0.1, 0.15) is 11.8 Å². The molecule has 4 rings (SSSR count). The minimum absolute atomic E-state index is 0.127. The molecular weight excluding hydrogens is 404 g/mol. The van der Waals surface area contributed by atoms with Crippen molar-refractivity contribution in [3.05, 3.63) is 24.3 Å². The van der Waals surface area contributed by atoms with Gasteiger partial charge in [-0.05, 0) is 50.8 Å². The fourth-order valence-electron chi connectivity index (χ4n) is 5.07. The molecule has 0 radical (unpaired) electrons. The fraction of sp³-hybridized carbons (Fsp3) is 0.680. The van der Waals surface area contributed by atoms with Crippen LogP contribution in [0.15, 0.2) is 24.3 Å². The van der Waals surface area contributed by atoms with Crippen LogP contribution in [0.3, 0.4) is 0 Å². The van der Waals surface area contributed by atoms with Gasteiger partial charge in [0.05, 0.1) is 18.8 Å². The summed E-state index contributed by atoms with van der Waals surface area (Å²) in [5.41, 5.74) is 1.21. The fourth-order valence-corrected chi connectivity index (χ4v) is 5.07. The van der Waals surface area contributed by atoms with Gasteiger partial charge in [0.25, 0.3) is 0 Å². The highest BCUT2D eigenvalue weighted by atomic mass is 16.5. The van der Waals surface area contributed by atoms with Gasteiger partial charge >= 0.3 is 0 Å². The van der Waals surface area contributed by atoms with E-state index in [1.807, 2.05) is 6.07 Å². The first-order valence-electron chi connectivity index (χ1n) is 12.4. The number of para-hydroxylation sites is 2. The van der Waals surface area contributed by atoms with Gasteiger partial charge in [-0.2, -0.15) is 0 Å². The summed E-state index contributed by atoms with van der Waals surface area (Å²) in [6.07, 6.45) is 6.03. The first-order chi connectivity index (χ1) is 15.7. The highest BCUT2D eigenvalue weighted by Gasteiger charge is 2.41. The van der Waals surface area contributed by atoms with Crippen LogP contribution in [0.4, 0.5) is 5.69 Å². The lowest BCUT2D eigenvalue weighted by molar-refractivity contribution is -0.153. The van der Waals surface area contributed by atoms with E-state index in [4.69, 9.17) is 4.74 Å². The summed E-state index contributed by atoms with van der Waals surface area (Å²) in [4.78, 5) is 33.4. The molecule has 0 aromatic heterocycles. The van der Waals surface area contributed by atoms with E-state index < -0.39 is 0 Å². The molecular formula is C25H38N4O3. The van der Waals surface area contributed by atoms with Crippen LogP contribution in [0.1, 0.15) is 45.4 Å². The van der Waals surface area contributed by atoms with Gasteiger partial charge in [0.2, 0.25) is 11.8 Å². The Morgan fingerprint density at radius 1 is 0.969 bits per heavy atom. The Kier molecular flexibility index (Phi) is 7.90. The van der Waals surface area contributed by atoms with E-state index in [0.717, 1.165) is 90.1 Å². The molecule has 3 saturated heterocycles. The predicted octanol–water partition coefficient (Wildman–Crippen LogP) is 2.60. The second kappa shape index (κ2) is 11.0. The molecule has 7 nitrogen and oxygen atoms in total. The number of carbonyl (C=O) groups is 2. The summed E-state index contributed by atoms with van der Waals surface area (Å²) in [6.45, 7) is 9.83. The Morgan fingerprint density at radius 3 is 2.56 bits per heavy atom. The average Bonchev–Trinajstić information content (AvgIpc) is 3.32. The number of rotatable bonds is 10. The number of benzene rings is 1. The van der Waals surface area contributed by atoms with E-state index in [0.29, 0.717) is 6.54 Å². The van der Waals surface area contributed by atoms with Gasteiger partial charge in [-0.15, -0.1) is 0 Å². The molecule has 0 saturated carbocycles. The van der Waals surface area contributed by atoms with Crippen molar-refractivity contribution >= 4 is 17.5 Å². The molecule has 1 aromatic carbocycles. The zero-order valence-corrected chi connectivity index (χ0v) is 19.5. The Bertz CT molecular complexity index is 778. The minimum atomic E-state index is -0.182. The Labute approximate surface area is 192 Å². The Morgan fingerprint density at radius 2 is 1.75 bits per heavy atom. The number of unbranched alkanes of at least 4 members (excludes halogenated alkanes) is 2. The topological polar surface area (TPSA) is 56.3 Å². The van der Waals surface area contributed by atoms with Crippen LogP contribution >= 0.6 is 0 Å². The van der Waals surface area contributed by atoms with E-state index >= 15 is 0 Å². The van der Waals surface area contributed by atoms with Crippen LogP contribution in [-0.2, 0) is 9.59 Å². The van der Waals surface area contributed by atoms with Gasteiger partial charge in [0, 0.05) is 39.3 Å². The van der Waals surface area contributed by atoms with Gasteiger partial charge < -0.3 is 19.4 Å². The molecule has 1 unspecified atom stereocenters. The van der Waals surface area contributed by atoms with Gasteiger partial charge in [0.15, 0.2) is 0 Å². The third-order valence-corrected chi connectivity index (χ3v) is 6.98. The SMILES string of the molecule is CCCCOc1ccccc1N1CCN(CCCCN2CC(=O)N3CCCC3C2=O)CC1. The van der Waals surface area contributed by atoms with Crippen molar-refractivity contribution in [2.24, 2.45) is 0 Å². The summed E-state index contributed by atoms with van der Waals surface area (Å²) in [7, 11) is 0. The van der Waals surface area contributed by atoms with Crippen molar-refractivity contribution in [2.45, 2.75) is 51.5 Å². The van der Waals surface area contributed by atoms with Crippen molar-refractivity contribution < 1.29 is 14.3 Å². The van der Waals surface area contributed by atoms with Crippen LogP contribution in [0.5, 0.6) is 5.75 Å². The van der Waals surface area contributed by atoms with Gasteiger partial charge in [-0.3, -0.25) is 14.5 Å². The van der Waals surface area contributed by atoms with Crippen molar-refractivity contribution in [3.8, 4) is 5.75 Å². The van der Waals surface area contributed by atoms with Crippen molar-refractivity contribution in [2.75, 3.05) is 63.9 Å². The molecule has 3 fully saturated rings. The number of piperazine rings is 2. The summed E-state index contributed by atoms with van der Waals surface area (Å²) in [5.74, 6) is 1.29. The van der Waals surface area contributed by atoms with Crippen LogP contribution in [-0.4, -0.2) is 91.5 Å². The molecule has 3 aliphatic rings. The van der Waals surface area contributed by atoms with Gasteiger partial charge in [-0.25, -0.2) is 0 Å². The molecule has 0 spiro atoms. The summed E-state index contributed by atoms with van der Waals surface area (Å²) in [5, 5.41) is 0. The molecule has 32 heavy (non-hydrogen) atoms. The number of carbonyl (C=O) groups excluding carboxylic acids is 2. The zero-order valence-electron chi connectivity index (χ0n) is 19.5. The molecule has 2 amide bonds. The Hall–Kier alpha value is -2.28. The molecule has 0 bridgehead atoms. The lowest BCUT2D eigenvalue weighted by Crippen LogP contribution is -2.57. The van der Waals surface area contributed by atoms with Crippen molar-refractivity contribution in [1.82, 2.24) is 14.7 Å². The Balaban J connectivity index is 1.17. The molecule has 3 heterocycles. The normalized spacial score (nSPS) is 21.9. The van der Waals surface area contributed by atoms with Crippen LogP contribution in [0.25, 0.3) is 0 Å². The standard InChI is InChI=1S/C25H38N4O3/c1-2-3-19-32-23-11-5-4-9-21(23)27-17-15-26(16-18-27)12-6-7-13-28-20-24(30)29-14-8-10-22(29)25(28)31/h4-5,9,11,22H,2-3,6-8,10,12-20H2,1H3. The molecule has 1 atom stereocenters. The number of fused-ring (bicyclic) bond motifs is 1. The highest BCUT2D eigenvalue weighted by molar-refractivity contribution is 5.95. The van der Waals surface area contributed by atoms with E-state index in [1.165, 1.54) is 5.69 Å². The van der Waals surface area contributed by atoms with Crippen LogP contribution in [0, 0.1) is 0 Å². The highest BCUT2D eigenvalue weighted by Crippen LogP contribution is 2.29. The second-order valence-corrected chi connectivity index (χ2v) is 9.21. The maximum Gasteiger partial charge on any atom is 0.245 e. The number of nitrogens with zero attached hydrogens (tertiary/aromatic N) is 4. The zero-order chi connectivity index (χ0) is 22.3. The van der Waals surface area contributed by atoms with Crippen LogP contribution < -0.4 is 9.64 Å². The maximum atomic E-state index is 12.6. The third kappa shape index (κ3) is 5.37. The number of hydrogen-bond donors (Lipinski definition) is 0. The predicted molar refractivity (Wildman–Crippen MR) is 126 cm³/mol. The number of amides is 2. The van der Waals surface area contributed by atoms with Gasteiger partial charge in [-0.1, -0.05) is 25.5 Å².